The number of esters is 1. The summed E-state index contributed by atoms with van der Waals surface area (Å²) in [6.07, 6.45) is -5.88. The Labute approximate surface area is 134 Å². The van der Waals surface area contributed by atoms with Gasteiger partial charge in [-0.15, -0.1) is 0 Å². The van der Waals surface area contributed by atoms with Gasteiger partial charge >= 0.3 is 12.0 Å². The number of urea groups is 1. The molecular formula is C11H13Cl2FN2O6. The van der Waals surface area contributed by atoms with Crippen LogP contribution in [0.15, 0.2) is 0 Å². The quantitative estimate of drug-likeness (QED) is 0.545. The highest BCUT2D eigenvalue weighted by Crippen LogP contribution is 2.37. The first-order valence-corrected chi connectivity index (χ1v) is 7.03. The summed E-state index contributed by atoms with van der Waals surface area (Å²) >= 11 is 11.7. The average Bonchev–Trinajstić information content (AvgIpc) is 2.77. The van der Waals surface area contributed by atoms with Crippen LogP contribution in [0.25, 0.3) is 0 Å². The van der Waals surface area contributed by atoms with Crippen LogP contribution < -0.4 is 5.32 Å². The topological polar surface area (TPSA) is 105 Å². The van der Waals surface area contributed by atoms with Gasteiger partial charge in [-0.25, -0.2) is 9.18 Å². The molecule has 0 bridgehead atoms. The van der Waals surface area contributed by atoms with E-state index in [1.165, 1.54) is 0 Å². The first kappa shape index (κ1) is 17.2. The minimum atomic E-state index is -2.29. The summed E-state index contributed by atoms with van der Waals surface area (Å²) in [5.41, 5.74) is 0. The van der Waals surface area contributed by atoms with Crippen LogP contribution in [-0.2, 0) is 19.1 Å². The molecule has 0 aliphatic carbocycles. The normalized spacial score (nSPS) is 34.5. The number of carbonyl (C=O) groups is 3. The molecule has 2 fully saturated rings. The van der Waals surface area contributed by atoms with Crippen LogP contribution in [-0.4, -0.2) is 63.6 Å². The number of hydrogen-bond acceptors (Lipinski definition) is 6. The molecule has 0 aromatic rings. The Balaban J connectivity index is 2.31. The van der Waals surface area contributed by atoms with Gasteiger partial charge in [0.15, 0.2) is 0 Å². The highest BCUT2D eigenvalue weighted by Gasteiger charge is 2.58. The van der Waals surface area contributed by atoms with Gasteiger partial charge in [0, 0.05) is 13.3 Å². The van der Waals surface area contributed by atoms with Crippen molar-refractivity contribution in [2.75, 3.05) is 6.61 Å². The fourth-order valence-corrected chi connectivity index (χ4v) is 2.63. The van der Waals surface area contributed by atoms with Gasteiger partial charge in [0.25, 0.3) is 10.2 Å². The van der Waals surface area contributed by atoms with Crippen molar-refractivity contribution in [3.63, 3.8) is 0 Å². The predicted octanol–water partition coefficient (Wildman–Crippen LogP) is 0.0467. The summed E-state index contributed by atoms with van der Waals surface area (Å²) < 4.78 is 21.5. The molecule has 2 rings (SSSR count). The molecule has 0 aromatic carbocycles. The number of aliphatic hydroxyl groups excluding tert-OH is 1. The second-order valence-corrected chi connectivity index (χ2v) is 6.20. The van der Waals surface area contributed by atoms with Crippen molar-refractivity contribution in [3.05, 3.63) is 0 Å². The Morgan fingerprint density at radius 3 is 2.73 bits per heavy atom. The smallest absolute Gasteiger partial charge is 0.329 e. The van der Waals surface area contributed by atoms with E-state index in [0.29, 0.717) is 0 Å². The molecular weight excluding hydrogens is 346 g/mol. The van der Waals surface area contributed by atoms with Gasteiger partial charge in [0.2, 0.25) is 6.23 Å². The number of ether oxygens (including phenoxy) is 2. The summed E-state index contributed by atoms with van der Waals surface area (Å²) in [6.45, 7) is 0.431. The molecule has 2 N–H and O–H groups in total. The van der Waals surface area contributed by atoms with Crippen LogP contribution >= 0.6 is 23.2 Å². The number of imide groups is 1. The van der Waals surface area contributed by atoms with E-state index in [2.05, 4.69) is 0 Å². The van der Waals surface area contributed by atoms with Crippen molar-refractivity contribution in [2.24, 2.45) is 0 Å². The van der Waals surface area contributed by atoms with E-state index in [4.69, 9.17) is 37.8 Å². The Morgan fingerprint density at radius 1 is 1.59 bits per heavy atom. The molecule has 2 aliphatic rings. The molecule has 4 atom stereocenters. The predicted molar refractivity (Wildman–Crippen MR) is 70.6 cm³/mol. The number of nitrogens with one attached hydrogen (secondary N) is 1. The van der Waals surface area contributed by atoms with Crippen LogP contribution in [0.2, 0.25) is 0 Å². The van der Waals surface area contributed by atoms with Gasteiger partial charge in [-0.3, -0.25) is 19.8 Å². The zero-order valence-corrected chi connectivity index (χ0v) is 12.8. The van der Waals surface area contributed by atoms with Crippen molar-refractivity contribution >= 4 is 41.1 Å². The van der Waals surface area contributed by atoms with Crippen molar-refractivity contribution in [1.29, 1.82) is 0 Å². The van der Waals surface area contributed by atoms with E-state index in [1.807, 2.05) is 5.32 Å². The van der Waals surface area contributed by atoms with Gasteiger partial charge < -0.3 is 14.6 Å². The lowest BCUT2D eigenvalue weighted by molar-refractivity contribution is -0.172. The number of nitrogens with zero attached hydrogens (tertiary/aromatic N) is 1. The van der Waals surface area contributed by atoms with E-state index < -0.39 is 53.6 Å². The highest BCUT2D eigenvalue weighted by atomic mass is 35.5. The van der Waals surface area contributed by atoms with E-state index >= 15 is 0 Å². The van der Waals surface area contributed by atoms with E-state index in [0.717, 1.165) is 11.8 Å². The van der Waals surface area contributed by atoms with E-state index in [-0.39, 0.29) is 6.42 Å². The molecule has 0 radical (unpaired) electrons. The zero-order chi connectivity index (χ0) is 16.7. The molecule has 2 saturated heterocycles. The van der Waals surface area contributed by atoms with Crippen LogP contribution in [0.3, 0.4) is 0 Å². The number of carbonyl (C=O) groups excluding carboxylic acids is 3. The number of alkyl halides is 3. The molecule has 2 aliphatic heterocycles. The zero-order valence-electron chi connectivity index (χ0n) is 11.3. The lowest BCUT2D eigenvalue weighted by Gasteiger charge is -2.42. The number of halogens is 3. The summed E-state index contributed by atoms with van der Waals surface area (Å²) in [5.74, 6) is -1.92. The second-order valence-electron chi connectivity index (χ2n) is 4.81. The second kappa shape index (κ2) is 6.15. The maximum atomic E-state index is 13.7. The number of hydrogen-bond donors (Lipinski definition) is 2. The van der Waals surface area contributed by atoms with Crippen molar-refractivity contribution in [2.45, 2.75) is 42.4 Å². The minimum absolute atomic E-state index is 0.297. The highest BCUT2D eigenvalue weighted by molar-refractivity contribution is 6.59. The number of amides is 3. The Bertz CT molecular complexity index is 505. The molecule has 8 nitrogen and oxygen atoms in total. The average molecular weight is 359 g/mol. The SMILES string of the molecule is CC(=O)OC1N([C@H]2CC(F)[C@@H](CO)O2)C(=O)NC(=O)C1(Cl)Cl. The third kappa shape index (κ3) is 2.98. The maximum Gasteiger partial charge on any atom is 0.329 e. The van der Waals surface area contributed by atoms with Gasteiger partial charge in [-0.2, -0.15) is 0 Å². The molecule has 3 amide bonds. The molecule has 2 unspecified atom stereocenters. The Kier molecular flexibility index (Phi) is 4.81. The minimum Gasteiger partial charge on any atom is -0.438 e. The molecule has 0 spiro atoms. The third-order valence-corrected chi connectivity index (χ3v) is 3.97. The molecule has 11 heteroatoms. The van der Waals surface area contributed by atoms with Crippen molar-refractivity contribution in [1.82, 2.24) is 10.2 Å². The standard InChI is InChI=1S/C11H13Cl2FN2O6/c1-4(18)21-9-11(12,13)8(19)15-10(20)16(9)7-2-5(14)6(3-17)22-7/h5-7,9,17H,2-3H2,1H3,(H,15,19,20)/t5?,6-,7-,9?/m1/s1. The first-order valence-electron chi connectivity index (χ1n) is 6.27. The van der Waals surface area contributed by atoms with Crippen molar-refractivity contribution in [3.8, 4) is 0 Å². The van der Waals surface area contributed by atoms with Crippen LogP contribution in [0.1, 0.15) is 13.3 Å². The van der Waals surface area contributed by atoms with E-state index in [9.17, 15) is 18.8 Å². The van der Waals surface area contributed by atoms with Gasteiger partial charge in [-0.1, -0.05) is 23.2 Å². The largest absolute Gasteiger partial charge is 0.438 e. The number of aliphatic hydroxyl groups is 1. The fraction of sp³-hybridized carbons (Fsp3) is 0.727. The van der Waals surface area contributed by atoms with Crippen LogP contribution in [0.4, 0.5) is 9.18 Å². The Morgan fingerprint density at radius 2 is 2.23 bits per heavy atom. The molecule has 22 heavy (non-hydrogen) atoms. The van der Waals surface area contributed by atoms with Gasteiger partial charge in [0.05, 0.1) is 6.61 Å². The van der Waals surface area contributed by atoms with Crippen LogP contribution in [0, 0.1) is 0 Å². The fourth-order valence-electron chi connectivity index (χ4n) is 2.23. The van der Waals surface area contributed by atoms with Crippen molar-refractivity contribution < 1.29 is 33.4 Å². The molecule has 0 aromatic heterocycles. The lowest BCUT2D eigenvalue weighted by atomic mass is 10.2. The molecule has 2 heterocycles. The Hall–Kier alpha value is -1.16. The summed E-state index contributed by atoms with van der Waals surface area (Å²) in [6, 6.07) is -0.996. The van der Waals surface area contributed by atoms with Gasteiger partial charge in [0.1, 0.15) is 18.5 Å². The molecule has 124 valence electrons. The monoisotopic (exact) mass is 358 g/mol. The van der Waals surface area contributed by atoms with Crippen LogP contribution in [0.5, 0.6) is 0 Å². The number of rotatable bonds is 3. The van der Waals surface area contributed by atoms with E-state index in [1.54, 1.807) is 0 Å². The summed E-state index contributed by atoms with van der Waals surface area (Å²) in [7, 11) is 0. The summed E-state index contributed by atoms with van der Waals surface area (Å²) in [4.78, 5) is 35.6. The third-order valence-electron chi connectivity index (χ3n) is 3.25. The first-order chi connectivity index (χ1) is 10.2. The molecule has 0 saturated carbocycles. The summed E-state index contributed by atoms with van der Waals surface area (Å²) in [5, 5.41) is 10.9. The van der Waals surface area contributed by atoms with Gasteiger partial charge in [-0.05, 0) is 0 Å². The maximum absolute atomic E-state index is 13.7. The lowest BCUT2D eigenvalue weighted by Crippen LogP contribution is -2.68.